The van der Waals surface area contributed by atoms with Crippen LogP contribution in [0.1, 0.15) is 77.8 Å². The van der Waals surface area contributed by atoms with Gasteiger partial charge in [0, 0.05) is 88.7 Å². The van der Waals surface area contributed by atoms with E-state index in [0.717, 1.165) is 83.6 Å². The monoisotopic (exact) mass is 1530 g/mol. The van der Waals surface area contributed by atoms with Gasteiger partial charge in [-0.2, -0.15) is 0 Å². The van der Waals surface area contributed by atoms with Crippen molar-refractivity contribution in [1.82, 2.24) is 23.7 Å². The number of nitrogens with zero attached hydrogens (tertiary/aromatic N) is 5. The standard InChI is InChI=1S/C114H78N6/c1-68-25-9-10-28-78(68)90-59-70(71-45-56-107-91(60-71)87-33-15-22-40-104(87)118(107)76-49-53-83-79-29-11-18-36-94(79)112(2,3)98(83)65-76)44-55-102(90)115-75-48-52-86-85-51-43-74(63-100(85)114(101(86)64-75)96-38-20-13-31-81(96)82-32-14-21-39-97(82)114)111-116-103(69-26-7-6-8-27-69)67-110(117-111)120-106-42-24-17-35-89(106)93-62-73(47-58-109(93)120)72-46-57-108-92(61-72)88-34-16-23-41-105(88)119(108)77-50-54-84-80-30-12-19-37-95(80)113(4,5)99(84)66-77/h6-67,115H,1-5H3. The molecule has 6 nitrogen and oxygen atoms in total. The predicted molar refractivity (Wildman–Crippen MR) is 498 cm³/mol. The second-order valence-electron chi connectivity index (χ2n) is 34.4. The normalized spacial score (nSPS) is 13.9. The fraction of sp³-hybridized carbons (Fsp3) is 0.0702. The van der Waals surface area contributed by atoms with E-state index in [9.17, 15) is 0 Å². The highest BCUT2D eigenvalue weighted by Gasteiger charge is 2.52. The topological polar surface area (TPSA) is 52.6 Å². The highest BCUT2D eigenvalue weighted by atomic mass is 15.1. The molecule has 564 valence electrons. The Hall–Kier alpha value is -15.0. The van der Waals surface area contributed by atoms with Gasteiger partial charge in [0.2, 0.25) is 0 Å². The van der Waals surface area contributed by atoms with Gasteiger partial charge in [-0.3, -0.25) is 4.57 Å². The summed E-state index contributed by atoms with van der Waals surface area (Å²) >= 11 is 0. The van der Waals surface area contributed by atoms with Gasteiger partial charge in [0.15, 0.2) is 5.82 Å². The molecule has 6 heteroatoms. The third-order valence-electron chi connectivity index (χ3n) is 27.4. The summed E-state index contributed by atoms with van der Waals surface area (Å²) in [4.78, 5) is 11.4. The maximum absolute atomic E-state index is 5.78. The van der Waals surface area contributed by atoms with Gasteiger partial charge < -0.3 is 14.5 Å². The van der Waals surface area contributed by atoms with Crippen molar-refractivity contribution < 1.29 is 0 Å². The van der Waals surface area contributed by atoms with Crippen molar-refractivity contribution in [2.45, 2.75) is 50.9 Å². The van der Waals surface area contributed by atoms with Crippen LogP contribution in [0.2, 0.25) is 0 Å². The number of fused-ring (bicyclic) bond motifs is 25. The maximum atomic E-state index is 5.78. The molecule has 25 rings (SSSR count). The van der Waals surface area contributed by atoms with Crippen LogP contribution in [0.25, 0.3) is 183 Å². The van der Waals surface area contributed by atoms with E-state index in [-0.39, 0.29) is 10.8 Å². The molecule has 21 aromatic rings. The van der Waals surface area contributed by atoms with Crippen molar-refractivity contribution in [1.29, 1.82) is 0 Å². The van der Waals surface area contributed by atoms with Crippen LogP contribution in [0.3, 0.4) is 0 Å². The third-order valence-corrected chi connectivity index (χ3v) is 27.4. The van der Waals surface area contributed by atoms with Gasteiger partial charge in [-0.15, -0.1) is 0 Å². The van der Waals surface area contributed by atoms with Crippen molar-refractivity contribution in [3.8, 4) is 118 Å². The van der Waals surface area contributed by atoms with E-state index < -0.39 is 5.41 Å². The van der Waals surface area contributed by atoms with Crippen molar-refractivity contribution in [3.63, 3.8) is 0 Å². The zero-order valence-electron chi connectivity index (χ0n) is 67.0. The van der Waals surface area contributed by atoms with Gasteiger partial charge in [-0.25, -0.2) is 9.97 Å². The molecule has 0 amide bonds. The summed E-state index contributed by atoms with van der Waals surface area (Å²) in [5, 5.41) is 11.3. The number of hydrogen-bond acceptors (Lipinski definition) is 3. The van der Waals surface area contributed by atoms with Crippen LogP contribution in [-0.2, 0) is 16.2 Å². The van der Waals surface area contributed by atoms with E-state index in [1.807, 2.05) is 0 Å². The minimum Gasteiger partial charge on any atom is -0.355 e. The minimum atomic E-state index is -0.696. The van der Waals surface area contributed by atoms with Crippen LogP contribution in [0.4, 0.5) is 11.4 Å². The van der Waals surface area contributed by atoms with Crippen molar-refractivity contribution in [2.75, 3.05) is 5.32 Å². The van der Waals surface area contributed by atoms with Gasteiger partial charge >= 0.3 is 0 Å². The first-order valence-electron chi connectivity index (χ1n) is 41.9. The first-order valence-corrected chi connectivity index (χ1v) is 41.9. The third kappa shape index (κ3) is 9.67. The van der Waals surface area contributed by atoms with Gasteiger partial charge in [0.05, 0.1) is 44.2 Å². The molecular weight excluding hydrogens is 1450 g/mol. The second-order valence-corrected chi connectivity index (χ2v) is 34.4. The molecule has 0 unspecified atom stereocenters. The van der Waals surface area contributed by atoms with Crippen LogP contribution in [-0.4, -0.2) is 23.7 Å². The Morgan fingerprint density at radius 1 is 0.242 bits per heavy atom. The van der Waals surface area contributed by atoms with Crippen LogP contribution in [0, 0.1) is 6.92 Å². The molecule has 1 spiro atoms. The number of rotatable bonds is 10. The molecule has 0 fully saturated rings. The molecule has 4 heterocycles. The number of benzene rings is 17. The van der Waals surface area contributed by atoms with Crippen molar-refractivity contribution >= 4 is 76.8 Å². The molecular formula is C114H78N6. The van der Waals surface area contributed by atoms with Crippen molar-refractivity contribution in [3.05, 3.63) is 426 Å². The molecule has 4 aromatic heterocycles. The number of hydrogen-bond donors (Lipinski definition) is 1. The molecule has 4 aliphatic carbocycles. The fourth-order valence-electron chi connectivity index (χ4n) is 21.8. The van der Waals surface area contributed by atoms with E-state index in [0.29, 0.717) is 5.82 Å². The Kier molecular flexibility index (Phi) is 14.4. The van der Waals surface area contributed by atoms with Crippen LogP contribution in [0.5, 0.6) is 0 Å². The number of nitrogens with one attached hydrogen (secondary N) is 1. The number of anilines is 2. The lowest BCUT2D eigenvalue weighted by atomic mass is 9.70. The molecule has 4 aliphatic rings. The summed E-state index contributed by atoms with van der Waals surface area (Å²) in [5.74, 6) is 1.44. The highest BCUT2D eigenvalue weighted by Crippen LogP contribution is 2.64. The summed E-state index contributed by atoms with van der Waals surface area (Å²) in [6.45, 7) is 11.7. The lowest BCUT2D eigenvalue weighted by Crippen LogP contribution is -2.26. The largest absolute Gasteiger partial charge is 0.355 e. The van der Waals surface area contributed by atoms with Crippen LogP contribution >= 0.6 is 0 Å². The molecule has 0 saturated carbocycles. The summed E-state index contributed by atoms with van der Waals surface area (Å²) < 4.78 is 7.28. The Morgan fingerprint density at radius 3 is 1.18 bits per heavy atom. The molecule has 0 saturated heterocycles. The van der Waals surface area contributed by atoms with Crippen LogP contribution < -0.4 is 5.32 Å². The smallest absolute Gasteiger partial charge is 0.162 e. The molecule has 0 radical (unpaired) electrons. The number of aromatic nitrogens is 5. The minimum absolute atomic E-state index is 0.116. The average Bonchev–Trinajstić information content (AvgIpc) is 1.50. The van der Waals surface area contributed by atoms with E-state index in [4.69, 9.17) is 9.97 Å². The van der Waals surface area contributed by atoms with E-state index in [2.05, 4.69) is 430 Å². The zero-order valence-corrected chi connectivity index (χ0v) is 67.0. The van der Waals surface area contributed by atoms with E-state index >= 15 is 0 Å². The van der Waals surface area contributed by atoms with E-state index in [1.165, 1.54) is 155 Å². The van der Waals surface area contributed by atoms with Gasteiger partial charge in [-0.05, 0) is 239 Å². The van der Waals surface area contributed by atoms with Gasteiger partial charge in [-0.1, -0.05) is 289 Å². The Bertz CT molecular complexity index is 7990. The van der Waals surface area contributed by atoms with Crippen LogP contribution in [0.15, 0.2) is 376 Å². The Labute approximate surface area is 695 Å². The average molecular weight is 1530 g/mol. The lowest BCUT2D eigenvalue weighted by molar-refractivity contribution is 0.660. The number of para-hydroxylation sites is 3. The Balaban J connectivity index is 0.595. The first-order chi connectivity index (χ1) is 58.9. The second kappa shape index (κ2) is 25.3. The van der Waals surface area contributed by atoms with E-state index in [1.54, 1.807) is 0 Å². The Morgan fingerprint density at radius 2 is 0.633 bits per heavy atom. The summed E-state index contributed by atoms with van der Waals surface area (Å²) in [5.41, 5.74) is 41.9. The summed E-state index contributed by atoms with van der Waals surface area (Å²) in [6, 6.07) is 141. The molecule has 0 bridgehead atoms. The SMILES string of the molecule is Cc1ccccc1-c1cc(-c2ccc3c(c2)c2ccccc2n3-c2ccc3c(c2)C(C)(C)c2ccccc2-3)ccc1Nc1ccc2c(c1)C1(c3ccccc3-c3ccccc31)c1cc(-c3nc(-c4ccccc4)cc(-n4c5ccccc5c5cc(-c6ccc7c(c6)c6ccccc6n7-c6ccc7c(c6)C(C)(C)c6ccccc6-7)ccc54)n3)ccc1-2. The predicted octanol–water partition coefficient (Wildman–Crippen LogP) is 29.1. The summed E-state index contributed by atoms with van der Waals surface area (Å²) in [7, 11) is 0. The highest BCUT2D eigenvalue weighted by molar-refractivity contribution is 6.14. The zero-order chi connectivity index (χ0) is 79.6. The quantitative estimate of drug-likeness (QED) is 0.148. The molecule has 17 aromatic carbocycles. The molecule has 1 N–H and O–H groups in total. The first kappa shape index (κ1) is 68.3. The fourth-order valence-corrected chi connectivity index (χ4v) is 21.8. The lowest BCUT2D eigenvalue weighted by Gasteiger charge is -2.31. The van der Waals surface area contributed by atoms with Gasteiger partial charge in [0.25, 0.3) is 0 Å². The van der Waals surface area contributed by atoms with Gasteiger partial charge in [0.1, 0.15) is 5.82 Å². The van der Waals surface area contributed by atoms with Crippen molar-refractivity contribution in [2.24, 2.45) is 0 Å². The molecule has 0 atom stereocenters. The molecule has 0 aliphatic heterocycles. The number of aryl methyl sites for hydroxylation is 1. The summed E-state index contributed by atoms with van der Waals surface area (Å²) in [6.07, 6.45) is 0. The maximum Gasteiger partial charge on any atom is 0.162 e. The molecule has 120 heavy (non-hydrogen) atoms.